The highest BCUT2D eigenvalue weighted by molar-refractivity contribution is 5.94. The lowest BCUT2D eigenvalue weighted by molar-refractivity contribution is -0.137. The number of aliphatic carboxylic acids is 1. The van der Waals surface area contributed by atoms with E-state index < -0.39 is 5.97 Å². The number of hydrogen-bond donors (Lipinski definition) is 1. The lowest BCUT2D eigenvalue weighted by Gasteiger charge is -2.30. The van der Waals surface area contributed by atoms with E-state index in [-0.39, 0.29) is 18.2 Å². The average molecular weight is 509 g/mol. The number of rotatable bonds is 2. The number of carboxylic acids is 1. The summed E-state index contributed by atoms with van der Waals surface area (Å²) >= 11 is 0. The number of carbonyl (C=O) groups excluding carboxylic acids is 1. The Morgan fingerprint density at radius 1 is 0.947 bits per heavy atom. The summed E-state index contributed by atoms with van der Waals surface area (Å²) in [5.74, 6) is -0.599. The molecule has 0 spiro atoms. The summed E-state index contributed by atoms with van der Waals surface area (Å²) in [5.41, 5.74) is 6.14. The van der Waals surface area contributed by atoms with Crippen LogP contribution in [0.25, 0.3) is 11.0 Å². The molecule has 0 aliphatic carbocycles. The Morgan fingerprint density at radius 2 is 1.79 bits per heavy atom. The highest BCUT2D eigenvalue weighted by Gasteiger charge is 2.25. The molecule has 2 aliphatic rings. The normalized spacial score (nSPS) is 18.4. The van der Waals surface area contributed by atoms with Crippen LogP contribution in [-0.4, -0.2) is 50.0 Å². The number of carboxylic acid groups (broad SMARTS) is 1. The largest absolute Gasteiger partial charge is 0.490 e. The lowest BCUT2D eigenvalue weighted by Crippen LogP contribution is -2.36. The summed E-state index contributed by atoms with van der Waals surface area (Å²) in [6, 6.07) is 19.3. The van der Waals surface area contributed by atoms with Crippen molar-refractivity contribution in [3.05, 3.63) is 101 Å². The van der Waals surface area contributed by atoms with Crippen molar-refractivity contribution in [1.29, 1.82) is 0 Å². The molecule has 1 amide bonds. The number of amides is 1. The molecule has 1 N–H and O–H groups in total. The molecule has 1 aromatic heterocycles. The SMILES string of the molecule is O=C(O)CC1c2ccc3c(c2)CN(CC3)C(=O)c2cccc(c2)OC/C=C/CCn2nc3ccc1cc3n2. The van der Waals surface area contributed by atoms with E-state index >= 15 is 0 Å². The van der Waals surface area contributed by atoms with Crippen LogP contribution in [0.15, 0.2) is 72.8 Å². The fourth-order valence-electron chi connectivity index (χ4n) is 5.28. The van der Waals surface area contributed by atoms with Crippen molar-refractivity contribution in [3.8, 4) is 5.75 Å². The third-order valence-electron chi connectivity index (χ3n) is 7.25. The molecular weight excluding hydrogens is 480 g/mol. The minimum Gasteiger partial charge on any atom is -0.490 e. The first-order valence-electron chi connectivity index (χ1n) is 12.9. The Balaban J connectivity index is 1.41. The number of allylic oxidation sites excluding steroid dienone is 1. The van der Waals surface area contributed by atoms with Crippen molar-refractivity contribution in [2.75, 3.05) is 13.2 Å². The van der Waals surface area contributed by atoms with E-state index in [2.05, 4.69) is 22.3 Å². The second kappa shape index (κ2) is 10.1. The van der Waals surface area contributed by atoms with Crippen LogP contribution in [0.3, 0.4) is 0 Å². The van der Waals surface area contributed by atoms with Crippen LogP contribution < -0.4 is 4.74 Å². The summed E-state index contributed by atoms with van der Waals surface area (Å²) in [7, 11) is 0. The maximum Gasteiger partial charge on any atom is 0.304 e. The minimum absolute atomic E-state index is 0.0390. The highest BCUT2D eigenvalue weighted by atomic mass is 16.5. The first kappa shape index (κ1) is 23.9. The predicted octanol–water partition coefficient (Wildman–Crippen LogP) is 4.58. The third kappa shape index (κ3) is 4.89. The van der Waals surface area contributed by atoms with E-state index in [4.69, 9.17) is 4.74 Å². The van der Waals surface area contributed by atoms with Gasteiger partial charge in [-0.25, -0.2) is 0 Å². The van der Waals surface area contributed by atoms with Crippen LogP contribution in [0, 0.1) is 0 Å². The summed E-state index contributed by atoms with van der Waals surface area (Å²) in [5, 5.41) is 19.0. The van der Waals surface area contributed by atoms with Crippen molar-refractivity contribution < 1.29 is 19.4 Å². The predicted molar refractivity (Wildman–Crippen MR) is 142 cm³/mol. The molecule has 192 valence electrons. The number of carbonyl (C=O) groups is 2. The Kier molecular flexibility index (Phi) is 6.37. The van der Waals surface area contributed by atoms with Gasteiger partial charge < -0.3 is 14.7 Å². The van der Waals surface area contributed by atoms with E-state index in [1.165, 1.54) is 5.56 Å². The summed E-state index contributed by atoms with van der Waals surface area (Å²) < 4.78 is 5.86. The van der Waals surface area contributed by atoms with Gasteiger partial charge >= 0.3 is 5.97 Å². The smallest absolute Gasteiger partial charge is 0.304 e. The van der Waals surface area contributed by atoms with Crippen LogP contribution in [0.5, 0.6) is 5.75 Å². The summed E-state index contributed by atoms with van der Waals surface area (Å²) in [6.45, 7) is 2.12. The van der Waals surface area contributed by atoms with Gasteiger partial charge in [0.15, 0.2) is 0 Å². The minimum atomic E-state index is -0.868. The van der Waals surface area contributed by atoms with Crippen LogP contribution >= 0.6 is 0 Å². The molecule has 2 aliphatic heterocycles. The number of aromatic nitrogens is 3. The van der Waals surface area contributed by atoms with Crippen LogP contribution in [-0.2, 0) is 24.3 Å². The zero-order valence-corrected chi connectivity index (χ0v) is 20.9. The summed E-state index contributed by atoms with van der Waals surface area (Å²) in [4.78, 5) is 28.8. The number of benzene rings is 3. The maximum absolute atomic E-state index is 13.4. The second-order valence-corrected chi connectivity index (χ2v) is 9.80. The van der Waals surface area contributed by atoms with Gasteiger partial charge in [0.25, 0.3) is 5.91 Å². The quantitative estimate of drug-likeness (QED) is 0.398. The Morgan fingerprint density at radius 3 is 2.68 bits per heavy atom. The van der Waals surface area contributed by atoms with Gasteiger partial charge in [-0.3, -0.25) is 9.59 Å². The first-order chi connectivity index (χ1) is 18.5. The lowest BCUT2D eigenvalue weighted by atomic mass is 9.85. The van der Waals surface area contributed by atoms with E-state index in [1.807, 2.05) is 59.5 Å². The van der Waals surface area contributed by atoms with Gasteiger partial charge in [-0.2, -0.15) is 15.0 Å². The molecule has 1 unspecified atom stereocenters. The Bertz CT molecular complexity index is 1560. The molecule has 8 heteroatoms. The molecular formula is C30H28N4O4. The van der Waals surface area contributed by atoms with Gasteiger partial charge in [0.05, 0.1) is 13.0 Å². The standard InChI is InChI=1S/C30H28N4O4/c35-29(36)18-26-21-8-7-20-11-13-33(19-24(20)15-21)30(37)23-5-4-6-25(16-23)38-14-3-1-2-12-34-31-27-10-9-22(26)17-28(27)32-34/h1,3-10,15-17,26H,2,11-14,18-19H2,(H,35,36)/b3-1+. The van der Waals surface area contributed by atoms with Gasteiger partial charge in [0.2, 0.25) is 0 Å². The van der Waals surface area contributed by atoms with Crippen LogP contribution in [0.2, 0.25) is 0 Å². The van der Waals surface area contributed by atoms with E-state index in [0.717, 1.165) is 40.6 Å². The van der Waals surface area contributed by atoms with Crippen molar-refractivity contribution in [2.24, 2.45) is 0 Å². The highest BCUT2D eigenvalue weighted by Crippen LogP contribution is 2.33. The Labute approximate surface area is 220 Å². The average Bonchev–Trinajstić information content (AvgIpc) is 3.34. The van der Waals surface area contributed by atoms with Gasteiger partial charge in [-0.1, -0.05) is 42.5 Å². The number of fused-ring (bicyclic) bond motifs is 6. The maximum atomic E-state index is 13.4. The van der Waals surface area contributed by atoms with Crippen molar-refractivity contribution >= 4 is 22.9 Å². The second-order valence-electron chi connectivity index (χ2n) is 9.80. The molecule has 3 aromatic carbocycles. The molecule has 4 aromatic rings. The molecule has 0 fully saturated rings. The van der Waals surface area contributed by atoms with Gasteiger partial charge in [-0.05, 0) is 65.4 Å². The van der Waals surface area contributed by atoms with E-state index in [1.54, 1.807) is 10.9 Å². The van der Waals surface area contributed by atoms with Gasteiger partial charge in [-0.15, -0.1) is 0 Å². The Hall–Kier alpha value is -4.46. The number of nitrogens with zero attached hydrogens (tertiary/aromatic N) is 4. The molecule has 3 heterocycles. The molecule has 8 nitrogen and oxygen atoms in total. The molecule has 1 atom stereocenters. The fraction of sp³-hybridized carbons (Fsp3) is 0.267. The van der Waals surface area contributed by atoms with E-state index in [0.29, 0.717) is 37.6 Å². The first-order valence-corrected chi connectivity index (χ1v) is 12.9. The third-order valence-corrected chi connectivity index (χ3v) is 7.25. The fourth-order valence-corrected chi connectivity index (χ4v) is 5.28. The van der Waals surface area contributed by atoms with Crippen molar-refractivity contribution in [3.63, 3.8) is 0 Å². The molecule has 38 heavy (non-hydrogen) atoms. The topological polar surface area (TPSA) is 97.6 Å². The van der Waals surface area contributed by atoms with Crippen molar-refractivity contribution in [1.82, 2.24) is 19.9 Å². The zero-order chi connectivity index (χ0) is 26.1. The molecule has 0 radical (unpaired) electrons. The molecule has 0 saturated carbocycles. The number of aryl methyl sites for hydroxylation is 1. The zero-order valence-electron chi connectivity index (χ0n) is 20.9. The van der Waals surface area contributed by atoms with Crippen LogP contribution in [0.4, 0.5) is 0 Å². The van der Waals surface area contributed by atoms with Crippen molar-refractivity contribution in [2.45, 2.75) is 38.3 Å². The van der Waals surface area contributed by atoms with Crippen LogP contribution in [0.1, 0.15) is 51.4 Å². The van der Waals surface area contributed by atoms with Gasteiger partial charge in [0, 0.05) is 24.6 Å². The molecule has 0 saturated heterocycles. The number of hydrogen-bond acceptors (Lipinski definition) is 5. The molecule has 6 rings (SSSR count). The van der Waals surface area contributed by atoms with E-state index in [9.17, 15) is 14.7 Å². The summed E-state index contributed by atoms with van der Waals surface area (Å²) in [6.07, 6.45) is 5.42. The monoisotopic (exact) mass is 508 g/mol. The molecule has 8 bridgehead atoms. The number of ether oxygens (including phenoxy) is 1. The van der Waals surface area contributed by atoms with Gasteiger partial charge in [0.1, 0.15) is 23.4 Å².